The Morgan fingerprint density at radius 1 is 0.426 bits per heavy atom. The number of para-hydroxylation sites is 2. The minimum Gasteiger partial charge on any atom is -0.251 e. The predicted molar refractivity (Wildman–Crippen MR) is 200 cm³/mol. The summed E-state index contributed by atoms with van der Waals surface area (Å²) < 4.78 is 0. The third kappa shape index (κ3) is 9.48. The van der Waals surface area contributed by atoms with E-state index < -0.39 is 0 Å². The molecule has 4 fully saturated rings. The molecule has 0 heterocycles. The van der Waals surface area contributed by atoms with Gasteiger partial charge in [-0.1, -0.05) is 112 Å². The van der Waals surface area contributed by atoms with Crippen LogP contribution in [0.5, 0.6) is 0 Å². The number of allylic oxidation sites excluding steroid dienone is 4. The average molecular weight is 673 g/mol. The number of aliphatic imine (C=N–C) groups is 2. The minimum atomic E-state index is 0. The van der Waals surface area contributed by atoms with E-state index in [1.807, 2.05) is 0 Å². The summed E-state index contributed by atoms with van der Waals surface area (Å²) in [6, 6.07) is 14.2. The van der Waals surface area contributed by atoms with Crippen molar-refractivity contribution in [1.29, 1.82) is 0 Å². The Kier molecular flexibility index (Phi) is 14.2. The summed E-state index contributed by atoms with van der Waals surface area (Å²) in [6.07, 6.45) is 35.5. The average Bonchev–Trinajstić information content (AvgIpc) is 3.89. The third-order valence-electron chi connectivity index (χ3n) is 11.8. The van der Waals surface area contributed by atoms with Crippen molar-refractivity contribution in [3.63, 3.8) is 0 Å². The Balaban J connectivity index is 0.000000424. The summed E-state index contributed by atoms with van der Waals surface area (Å²) in [5.74, 6) is 2.71. The molecule has 0 saturated heterocycles. The van der Waals surface area contributed by atoms with Crippen LogP contribution in [-0.4, -0.2) is 11.4 Å². The maximum atomic E-state index is 5.48. The normalized spacial score (nSPS) is 23.2. The number of hydrogen-bond donors (Lipinski definition) is 0. The molecular formula is C44H60FeN2. The standard InChI is InChI=1S/C36H48N2.C8H12.Fe/c1-25(37-35-31(27-13-3-4-14-27)21-11-22-32(35)28-15-5-6-16-28)26(2)38-36-33(29-17-7-8-18-29)23-12-24-34(36)30-19-9-10-20-30;1-2-4-6-8-7-5-3-1;/h11-12,21-24,27-30H,3-10,13-20H2,1-2H3;1-2,7-8H,3-6H2;/b;2-1-,8-7-;. The maximum absolute atomic E-state index is 5.48. The molecule has 0 amide bonds. The van der Waals surface area contributed by atoms with Crippen LogP contribution in [-0.2, 0) is 17.1 Å². The second-order valence-corrected chi connectivity index (χ2v) is 15.0. The van der Waals surface area contributed by atoms with E-state index in [2.05, 4.69) is 74.5 Å². The number of nitrogens with zero attached hydrogens (tertiary/aromatic N) is 2. The van der Waals surface area contributed by atoms with Gasteiger partial charge < -0.3 is 0 Å². The van der Waals surface area contributed by atoms with Gasteiger partial charge in [0.2, 0.25) is 0 Å². The molecule has 0 bridgehead atoms. The Labute approximate surface area is 297 Å². The first-order chi connectivity index (χ1) is 22.7. The monoisotopic (exact) mass is 672 g/mol. The van der Waals surface area contributed by atoms with Crippen LogP contribution in [0.1, 0.15) is 188 Å². The fraction of sp³-hybridized carbons (Fsp3) is 0.591. The number of benzene rings is 2. The van der Waals surface area contributed by atoms with Crippen LogP contribution in [0.25, 0.3) is 0 Å². The zero-order chi connectivity index (χ0) is 31.6. The van der Waals surface area contributed by atoms with E-state index in [1.54, 1.807) is 0 Å². The van der Waals surface area contributed by atoms with Crippen molar-refractivity contribution in [3.05, 3.63) is 83.0 Å². The summed E-state index contributed by atoms with van der Waals surface area (Å²) >= 11 is 0. The summed E-state index contributed by atoms with van der Waals surface area (Å²) in [4.78, 5) is 11.0. The van der Waals surface area contributed by atoms with Gasteiger partial charge in [0.15, 0.2) is 0 Å². The van der Waals surface area contributed by atoms with Crippen molar-refractivity contribution in [2.45, 2.75) is 166 Å². The summed E-state index contributed by atoms with van der Waals surface area (Å²) in [7, 11) is 0. The molecule has 0 atom stereocenters. The van der Waals surface area contributed by atoms with Crippen LogP contribution in [0, 0.1) is 0 Å². The van der Waals surface area contributed by atoms with Gasteiger partial charge in [-0.25, -0.2) is 0 Å². The Morgan fingerprint density at radius 3 is 0.894 bits per heavy atom. The van der Waals surface area contributed by atoms with Crippen molar-refractivity contribution in [2.24, 2.45) is 9.98 Å². The van der Waals surface area contributed by atoms with Crippen LogP contribution in [0.2, 0.25) is 0 Å². The van der Waals surface area contributed by atoms with Crippen LogP contribution in [0.15, 0.2) is 70.7 Å². The molecule has 2 aromatic rings. The molecule has 0 spiro atoms. The quantitative estimate of drug-likeness (QED) is 0.159. The molecule has 254 valence electrons. The van der Waals surface area contributed by atoms with E-state index >= 15 is 0 Å². The summed E-state index contributed by atoms with van der Waals surface area (Å²) in [6.45, 7) is 4.44. The molecule has 4 saturated carbocycles. The van der Waals surface area contributed by atoms with Gasteiger partial charge in [0, 0.05) is 17.1 Å². The minimum absolute atomic E-state index is 0. The molecule has 7 rings (SSSR count). The second kappa shape index (κ2) is 18.5. The molecule has 0 radical (unpaired) electrons. The fourth-order valence-corrected chi connectivity index (χ4v) is 9.04. The maximum Gasteiger partial charge on any atom is 0.0703 e. The van der Waals surface area contributed by atoms with Crippen molar-refractivity contribution < 1.29 is 17.1 Å². The van der Waals surface area contributed by atoms with Crippen molar-refractivity contribution >= 4 is 22.8 Å². The van der Waals surface area contributed by atoms with E-state index in [4.69, 9.17) is 9.98 Å². The van der Waals surface area contributed by atoms with Gasteiger partial charge in [-0.15, -0.1) is 0 Å². The van der Waals surface area contributed by atoms with Gasteiger partial charge >= 0.3 is 0 Å². The first-order valence-corrected chi connectivity index (χ1v) is 19.4. The van der Waals surface area contributed by atoms with E-state index in [-0.39, 0.29) is 17.1 Å². The summed E-state index contributed by atoms with van der Waals surface area (Å²) in [5.41, 5.74) is 10.9. The van der Waals surface area contributed by atoms with E-state index in [1.165, 1.54) is 162 Å². The largest absolute Gasteiger partial charge is 0.251 e. The van der Waals surface area contributed by atoms with Crippen LogP contribution >= 0.6 is 0 Å². The fourth-order valence-electron chi connectivity index (χ4n) is 9.04. The second-order valence-electron chi connectivity index (χ2n) is 15.0. The molecule has 2 aromatic carbocycles. The number of rotatable bonds is 7. The molecule has 5 aliphatic carbocycles. The first-order valence-electron chi connectivity index (χ1n) is 19.4. The molecule has 0 aromatic heterocycles. The van der Waals surface area contributed by atoms with Gasteiger partial charge in [-0.05, 0) is 137 Å². The zero-order valence-electron chi connectivity index (χ0n) is 29.5. The van der Waals surface area contributed by atoms with E-state index in [0.29, 0.717) is 23.7 Å². The van der Waals surface area contributed by atoms with Crippen molar-refractivity contribution in [1.82, 2.24) is 0 Å². The van der Waals surface area contributed by atoms with Gasteiger partial charge in [0.1, 0.15) is 0 Å². The first kappa shape index (κ1) is 36.1. The van der Waals surface area contributed by atoms with Gasteiger partial charge in [-0.2, -0.15) is 0 Å². The smallest absolute Gasteiger partial charge is 0.0703 e. The molecule has 47 heavy (non-hydrogen) atoms. The molecule has 0 N–H and O–H groups in total. The molecular weight excluding hydrogens is 612 g/mol. The molecule has 5 aliphatic rings. The van der Waals surface area contributed by atoms with Crippen LogP contribution in [0.4, 0.5) is 11.4 Å². The number of hydrogen-bond acceptors (Lipinski definition) is 2. The zero-order valence-corrected chi connectivity index (χ0v) is 30.6. The van der Waals surface area contributed by atoms with Gasteiger partial charge in [-0.3, -0.25) is 9.98 Å². The molecule has 3 heteroatoms. The topological polar surface area (TPSA) is 24.7 Å². The van der Waals surface area contributed by atoms with Crippen molar-refractivity contribution in [3.8, 4) is 0 Å². The Bertz CT molecular complexity index is 1200. The predicted octanol–water partition coefficient (Wildman–Crippen LogP) is 13.9. The van der Waals surface area contributed by atoms with E-state index in [9.17, 15) is 0 Å². The molecule has 0 aliphatic heterocycles. The van der Waals surface area contributed by atoms with Gasteiger partial charge in [0.25, 0.3) is 0 Å². The molecule has 0 unspecified atom stereocenters. The van der Waals surface area contributed by atoms with E-state index in [0.717, 1.165) is 11.4 Å². The third-order valence-corrected chi connectivity index (χ3v) is 11.8. The SMILES string of the molecule is C1=C\CC/C=C\CC/1.CC(=Nc1c(C2CCCC2)cccc1C1CCCC1)C(C)=Nc1c(C2CCCC2)cccc1C1CCCC1.[Fe]. The van der Waals surface area contributed by atoms with Crippen molar-refractivity contribution in [2.75, 3.05) is 0 Å². The molecule has 2 nitrogen and oxygen atoms in total. The van der Waals surface area contributed by atoms with Crippen LogP contribution in [0.3, 0.4) is 0 Å². The summed E-state index contributed by atoms with van der Waals surface area (Å²) in [5, 5.41) is 0. The van der Waals surface area contributed by atoms with Crippen LogP contribution < -0.4 is 0 Å². The Hall–Kier alpha value is -2.22. The van der Waals surface area contributed by atoms with Gasteiger partial charge in [0.05, 0.1) is 22.8 Å². The Morgan fingerprint density at radius 2 is 0.660 bits per heavy atom.